The number of benzene rings is 3. The molecular formula is C27H27N2O2+. The summed E-state index contributed by atoms with van der Waals surface area (Å²) in [7, 11) is 1.65. The first-order valence-electron chi connectivity index (χ1n) is 10.5. The average Bonchev–Trinajstić information content (AvgIpc) is 2.84. The van der Waals surface area contributed by atoms with Crippen molar-refractivity contribution in [1.82, 2.24) is 0 Å². The Balaban J connectivity index is 1.38. The highest BCUT2D eigenvalue weighted by Gasteiger charge is 2.11. The van der Waals surface area contributed by atoms with E-state index in [0.717, 1.165) is 31.0 Å². The van der Waals surface area contributed by atoms with Crippen molar-refractivity contribution in [2.45, 2.75) is 13.0 Å². The lowest BCUT2D eigenvalue weighted by molar-refractivity contribution is -0.697. The van der Waals surface area contributed by atoms with Gasteiger partial charge in [-0.25, -0.2) is 4.57 Å². The number of anilines is 2. The highest BCUT2D eigenvalue weighted by Crippen LogP contribution is 2.30. The zero-order valence-corrected chi connectivity index (χ0v) is 17.7. The Bertz CT molecular complexity index is 1030. The molecule has 0 N–H and O–H groups in total. The van der Waals surface area contributed by atoms with Gasteiger partial charge in [-0.2, -0.15) is 0 Å². The van der Waals surface area contributed by atoms with E-state index >= 15 is 0 Å². The molecule has 4 nitrogen and oxygen atoms in total. The predicted molar refractivity (Wildman–Crippen MR) is 124 cm³/mol. The summed E-state index contributed by atoms with van der Waals surface area (Å²) in [4.78, 5) is 2.36. The van der Waals surface area contributed by atoms with Crippen molar-refractivity contribution < 1.29 is 14.0 Å². The monoisotopic (exact) mass is 411 g/mol. The number of hydrogen-bond acceptors (Lipinski definition) is 3. The van der Waals surface area contributed by atoms with Crippen LogP contribution in [0.1, 0.15) is 6.42 Å². The van der Waals surface area contributed by atoms with E-state index in [1.165, 1.54) is 11.4 Å². The Morgan fingerprint density at radius 3 is 1.81 bits per heavy atom. The number of nitrogens with zero attached hydrogens (tertiary/aromatic N) is 2. The summed E-state index contributed by atoms with van der Waals surface area (Å²) in [5.41, 5.74) is 2.42. The number of methoxy groups -OCH3 is 1. The van der Waals surface area contributed by atoms with E-state index in [1.54, 1.807) is 7.11 Å². The number of rotatable bonds is 9. The van der Waals surface area contributed by atoms with Crippen LogP contribution in [0, 0.1) is 0 Å². The van der Waals surface area contributed by atoms with E-state index in [9.17, 15) is 0 Å². The molecule has 0 saturated heterocycles. The smallest absolute Gasteiger partial charge is 0.172 e. The molecule has 0 atom stereocenters. The summed E-state index contributed by atoms with van der Waals surface area (Å²) in [5.74, 6) is 2.22. The third kappa shape index (κ3) is 5.43. The lowest BCUT2D eigenvalue weighted by Gasteiger charge is -2.24. The van der Waals surface area contributed by atoms with E-state index in [4.69, 9.17) is 9.47 Å². The number of aromatic nitrogens is 1. The van der Waals surface area contributed by atoms with E-state index < -0.39 is 0 Å². The van der Waals surface area contributed by atoms with Crippen molar-refractivity contribution in [3.8, 4) is 17.2 Å². The molecule has 4 aromatic rings. The Hall–Kier alpha value is -3.79. The molecule has 1 heterocycles. The predicted octanol–water partition coefficient (Wildman–Crippen LogP) is 6.00. The molecule has 0 unspecified atom stereocenters. The van der Waals surface area contributed by atoms with E-state index in [1.807, 2.05) is 36.4 Å². The largest absolute Gasteiger partial charge is 0.493 e. The molecule has 0 amide bonds. The fraction of sp³-hybridized carbons (Fsp3) is 0.148. The highest BCUT2D eigenvalue weighted by molar-refractivity contribution is 5.62. The molecular weight excluding hydrogens is 384 g/mol. The van der Waals surface area contributed by atoms with E-state index in [0.29, 0.717) is 5.75 Å². The van der Waals surface area contributed by atoms with Crippen LogP contribution in [0.15, 0.2) is 109 Å². The maximum absolute atomic E-state index is 5.97. The van der Waals surface area contributed by atoms with Crippen molar-refractivity contribution in [1.29, 1.82) is 0 Å². The van der Waals surface area contributed by atoms with Crippen LogP contribution < -0.4 is 18.9 Å². The minimum Gasteiger partial charge on any atom is -0.493 e. The number of aryl methyl sites for hydroxylation is 1. The van der Waals surface area contributed by atoms with Crippen molar-refractivity contribution in [3.63, 3.8) is 0 Å². The molecule has 0 aliphatic rings. The lowest BCUT2D eigenvalue weighted by Crippen LogP contribution is -2.34. The van der Waals surface area contributed by atoms with E-state index in [-0.39, 0.29) is 0 Å². The molecule has 1 aromatic heterocycles. The standard InChI is InChI=1S/C27H27N2O2/c1-30-26-15-8-9-16-27(26)31-25-17-21-28(22-18-25)19-10-20-29(23-11-4-2-5-12-23)24-13-6-3-7-14-24/h2-9,11-18,21-22H,10,19-20H2,1H3/q+1. The molecule has 0 aliphatic heterocycles. The van der Waals surface area contributed by atoms with Crippen LogP contribution in [0.5, 0.6) is 17.2 Å². The third-order valence-electron chi connectivity index (χ3n) is 5.09. The van der Waals surface area contributed by atoms with Gasteiger partial charge in [-0.05, 0) is 36.4 Å². The average molecular weight is 412 g/mol. The van der Waals surface area contributed by atoms with Crippen molar-refractivity contribution in [2.75, 3.05) is 18.6 Å². The van der Waals surface area contributed by atoms with Gasteiger partial charge in [0.1, 0.15) is 12.3 Å². The van der Waals surface area contributed by atoms with Gasteiger partial charge in [0.2, 0.25) is 0 Å². The summed E-state index contributed by atoms with van der Waals surface area (Å²) >= 11 is 0. The number of pyridine rings is 1. The Morgan fingerprint density at radius 2 is 1.23 bits per heavy atom. The SMILES string of the molecule is COc1ccccc1Oc1cc[n+](CCCN(c2ccccc2)c2ccccc2)cc1. The zero-order valence-electron chi connectivity index (χ0n) is 17.7. The molecule has 4 heteroatoms. The minimum absolute atomic E-state index is 0.712. The van der Waals surface area contributed by atoms with Gasteiger partial charge in [-0.15, -0.1) is 0 Å². The summed E-state index contributed by atoms with van der Waals surface area (Å²) in [6.45, 7) is 1.85. The van der Waals surface area contributed by atoms with Crippen molar-refractivity contribution >= 4 is 11.4 Å². The van der Waals surface area contributed by atoms with Crippen LogP contribution in [0.25, 0.3) is 0 Å². The minimum atomic E-state index is 0.712. The van der Waals surface area contributed by atoms with Crippen LogP contribution in [0.4, 0.5) is 11.4 Å². The first-order chi connectivity index (χ1) is 15.3. The van der Waals surface area contributed by atoms with Crippen molar-refractivity contribution in [2.24, 2.45) is 0 Å². The summed E-state index contributed by atoms with van der Waals surface area (Å²) in [5, 5.41) is 0. The molecule has 0 spiro atoms. The number of ether oxygens (including phenoxy) is 2. The Morgan fingerprint density at radius 1 is 0.677 bits per heavy atom. The van der Waals surface area contributed by atoms with Crippen LogP contribution >= 0.6 is 0 Å². The van der Waals surface area contributed by atoms with Gasteiger partial charge >= 0.3 is 0 Å². The van der Waals surface area contributed by atoms with Gasteiger partial charge in [-0.1, -0.05) is 48.5 Å². The second-order valence-electron chi connectivity index (χ2n) is 7.20. The van der Waals surface area contributed by atoms with Gasteiger partial charge in [0, 0.05) is 36.5 Å². The number of hydrogen-bond donors (Lipinski definition) is 0. The maximum atomic E-state index is 5.97. The normalized spacial score (nSPS) is 10.5. The Labute approximate surface area is 183 Å². The summed E-state index contributed by atoms with van der Waals surface area (Å²) in [6.07, 6.45) is 5.13. The quantitative estimate of drug-likeness (QED) is 0.316. The van der Waals surface area contributed by atoms with E-state index in [2.05, 4.69) is 82.5 Å². The van der Waals surface area contributed by atoms with Gasteiger partial charge in [0.25, 0.3) is 0 Å². The van der Waals surface area contributed by atoms with Crippen LogP contribution in [0.3, 0.4) is 0 Å². The van der Waals surface area contributed by atoms with Gasteiger partial charge in [0.05, 0.1) is 7.11 Å². The van der Waals surface area contributed by atoms with Gasteiger partial charge < -0.3 is 14.4 Å². The topological polar surface area (TPSA) is 25.6 Å². The first-order valence-corrected chi connectivity index (χ1v) is 10.5. The zero-order chi connectivity index (χ0) is 21.3. The molecule has 156 valence electrons. The molecule has 31 heavy (non-hydrogen) atoms. The fourth-order valence-electron chi connectivity index (χ4n) is 3.53. The van der Waals surface area contributed by atoms with Crippen LogP contribution in [0.2, 0.25) is 0 Å². The fourth-order valence-corrected chi connectivity index (χ4v) is 3.53. The van der Waals surface area contributed by atoms with Gasteiger partial charge in [-0.3, -0.25) is 0 Å². The Kier molecular flexibility index (Phi) is 6.81. The molecule has 0 bridgehead atoms. The molecule has 0 radical (unpaired) electrons. The molecule has 0 aliphatic carbocycles. The third-order valence-corrected chi connectivity index (χ3v) is 5.09. The second kappa shape index (κ2) is 10.3. The second-order valence-corrected chi connectivity index (χ2v) is 7.20. The van der Waals surface area contributed by atoms with Crippen molar-refractivity contribution in [3.05, 3.63) is 109 Å². The first kappa shape index (κ1) is 20.5. The van der Waals surface area contributed by atoms with Crippen LogP contribution in [-0.4, -0.2) is 13.7 Å². The molecule has 3 aromatic carbocycles. The summed E-state index contributed by atoms with van der Waals surface area (Å²) in [6, 6.07) is 32.7. The van der Waals surface area contributed by atoms with Crippen LogP contribution in [-0.2, 0) is 6.54 Å². The number of para-hydroxylation sites is 4. The summed E-state index contributed by atoms with van der Waals surface area (Å²) < 4.78 is 13.5. The maximum Gasteiger partial charge on any atom is 0.172 e. The molecule has 4 rings (SSSR count). The molecule has 0 fully saturated rings. The lowest BCUT2D eigenvalue weighted by atomic mass is 10.2. The molecule has 0 saturated carbocycles. The van der Waals surface area contributed by atoms with Gasteiger partial charge in [0.15, 0.2) is 23.9 Å². The highest BCUT2D eigenvalue weighted by atomic mass is 16.5.